The minimum atomic E-state index is -4.14. The highest BCUT2D eigenvalue weighted by Crippen LogP contribution is 2.42. The van der Waals surface area contributed by atoms with Gasteiger partial charge in [0.25, 0.3) is 0 Å². The predicted octanol–water partition coefficient (Wildman–Crippen LogP) is 2.76. The summed E-state index contributed by atoms with van der Waals surface area (Å²) in [6.45, 7) is 0. The number of allylic oxidation sites excluding steroid dienone is 1. The van der Waals surface area contributed by atoms with Crippen LogP contribution in [0.25, 0.3) is 6.08 Å². The third kappa shape index (κ3) is 3.65. The summed E-state index contributed by atoms with van der Waals surface area (Å²) in [6.07, 6.45) is 8.98. The third-order valence-electron chi connectivity index (χ3n) is 4.60. The van der Waals surface area contributed by atoms with E-state index in [-0.39, 0.29) is 16.6 Å². The molecular weight excluding hydrogens is 350 g/mol. The second-order valence-electron chi connectivity index (χ2n) is 6.37. The fraction of sp³-hybridized carbons (Fsp3) is 0.500. The summed E-state index contributed by atoms with van der Waals surface area (Å²) in [5.74, 6) is 0.0481. The normalized spacial score (nSPS) is 21.5. The maximum Gasteiger partial charge on any atom is 0.380 e. The summed E-state index contributed by atoms with van der Waals surface area (Å²) >= 11 is 0. The summed E-state index contributed by atoms with van der Waals surface area (Å²) in [5.41, 5.74) is 0.466. The molecule has 1 aliphatic carbocycles. The Hall–Kier alpha value is -1.38. The van der Waals surface area contributed by atoms with Crippen LogP contribution in [0.5, 0.6) is 5.75 Å². The smallest absolute Gasteiger partial charge is 0.371 e. The largest absolute Gasteiger partial charge is 0.380 e. The quantitative estimate of drug-likeness (QED) is 0.880. The number of sulfone groups is 1. The van der Waals surface area contributed by atoms with Gasteiger partial charge < -0.3 is 4.18 Å². The second-order valence-corrected chi connectivity index (χ2v) is 9.44. The predicted molar refractivity (Wildman–Crippen MR) is 91.1 cm³/mol. The van der Waals surface area contributed by atoms with Crippen molar-refractivity contribution in [3.05, 3.63) is 28.7 Å². The highest BCUT2D eigenvalue weighted by Gasteiger charge is 2.34. The third-order valence-corrected chi connectivity index (χ3v) is 7.05. The van der Waals surface area contributed by atoms with Crippen LogP contribution in [0.1, 0.15) is 50.5 Å². The molecule has 3 rings (SSSR count). The van der Waals surface area contributed by atoms with Crippen LogP contribution in [-0.4, -0.2) is 16.8 Å². The molecule has 1 heterocycles. The number of benzene rings is 1. The van der Waals surface area contributed by atoms with Gasteiger partial charge in [0.15, 0.2) is 0 Å². The molecule has 1 aromatic carbocycles. The van der Waals surface area contributed by atoms with Crippen LogP contribution in [0.15, 0.2) is 28.0 Å². The van der Waals surface area contributed by atoms with E-state index in [1.165, 1.54) is 24.6 Å². The number of rotatable bonds is 3. The number of hydrogen-bond acceptors (Lipinski definition) is 5. The molecule has 0 bridgehead atoms. The van der Waals surface area contributed by atoms with Gasteiger partial charge in [-0.3, -0.25) is 0 Å². The lowest BCUT2D eigenvalue weighted by Crippen LogP contribution is -2.19. The van der Waals surface area contributed by atoms with Crippen LogP contribution in [0, 0.1) is 5.92 Å². The van der Waals surface area contributed by atoms with Crippen molar-refractivity contribution in [2.24, 2.45) is 11.1 Å². The van der Waals surface area contributed by atoms with Crippen molar-refractivity contribution in [2.75, 3.05) is 0 Å². The highest BCUT2D eigenvalue weighted by atomic mass is 32.2. The van der Waals surface area contributed by atoms with Crippen LogP contribution in [0.4, 0.5) is 0 Å². The second kappa shape index (κ2) is 6.50. The van der Waals surface area contributed by atoms with Crippen LogP contribution in [0.3, 0.4) is 0 Å². The van der Waals surface area contributed by atoms with E-state index in [1.807, 2.05) is 0 Å². The molecule has 0 radical (unpaired) electrons. The molecule has 2 N–H and O–H groups in total. The molecule has 8 heteroatoms. The Kier molecular flexibility index (Phi) is 4.72. The first-order chi connectivity index (χ1) is 11.3. The van der Waals surface area contributed by atoms with Crippen molar-refractivity contribution in [3.63, 3.8) is 0 Å². The van der Waals surface area contributed by atoms with Gasteiger partial charge in [-0.05, 0) is 48.6 Å². The van der Waals surface area contributed by atoms with E-state index in [0.717, 1.165) is 38.5 Å². The first kappa shape index (κ1) is 17.4. The lowest BCUT2D eigenvalue weighted by molar-refractivity contribution is 0.429. The van der Waals surface area contributed by atoms with E-state index >= 15 is 0 Å². The van der Waals surface area contributed by atoms with Crippen molar-refractivity contribution in [3.8, 4) is 5.75 Å². The summed E-state index contributed by atoms with van der Waals surface area (Å²) in [5, 5.41) is 4.86. The van der Waals surface area contributed by atoms with Gasteiger partial charge in [0.1, 0.15) is 5.75 Å². The molecule has 0 atom stereocenters. The van der Waals surface area contributed by atoms with Crippen LogP contribution in [-0.2, 0) is 20.1 Å². The first-order valence-corrected chi connectivity index (χ1v) is 11.1. The van der Waals surface area contributed by atoms with Gasteiger partial charge in [0.2, 0.25) is 9.84 Å². The molecule has 1 aromatic rings. The van der Waals surface area contributed by atoms with Gasteiger partial charge in [0.05, 0.1) is 9.80 Å². The topological polar surface area (TPSA) is 104 Å². The van der Waals surface area contributed by atoms with E-state index in [9.17, 15) is 16.8 Å². The van der Waals surface area contributed by atoms with Gasteiger partial charge >= 0.3 is 10.3 Å². The minimum Gasteiger partial charge on any atom is -0.371 e. The summed E-state index contributed by atoms with van der Waals surface area (Å²) in [7, 11) is -7.65. The maximum absolute atomic E-state index is 12.8. The fourth-order valence-corrected chi connectivity index (χ4v) is 5.76. The lowest BCUT2D eigenvalue weighted by Gasteiger charge is -2.20. The number of hydrogen-bond donors (Lipinski definition) is 1. The maximum atomic E-state index is 12.8. The van der Waals surface area contributed by atoms with Gasteiger partial charge in [-0.2, -0.15) is 13.6 Å². The Labute approximate surface area is 142 Å². The Morgan fingerprint density at radius 2 is 1.67 bits per heavy atom. The Morgan fingerprint density at radius 1 is 1.04 bits per heavy atom. The summed E-state index contributed by atoms with van der Waals surface area (Å²) < 4.78 is 52.4. The van der Waals surface area contributed by atoms with Crippen molar-refractivity contribution in [1.29, 1.82) is 0 Å². The van der Waals surface area contributed by atoms with E-state index in [2.05, 4.69) is 4.18 Å². The van der Waals surface area contributed by atoms with Crippen molar-refractivity contribution >= 4 is 26.2 Å². The summed E-state index contributed by atoms with van der Waals surface area (Å²) in [4.78, 5) is 0.661. The van der Waals surface area contributed by atoms with E-state index in [4.69, 9.17) is 5.14 Å². The van der Waals surface area contributed by atoms with Crippen LogP contribution < -0.4 is 9.32 Å². The van der Waals surface area contributed by atoms with E-state index in [0.29, 0.717) is 10.5 Å². The molecule has 0 aromatic heterocycles. The monoisotopic (exact) mass is 371 g/mol. The molecule has 0 spiro atoms. The molecule has 0 amide bonds. The zero-order valence-electron chi connectivity index (χ0n) is 13.3. The SMILES string of the molecule is NS(=O)(=O)Oc1ccc2c(c1)C=C(C1CCCCCCC1)S2(=O)=O. The molecule has 6 nitrogen and oxygen atoms in total. The fourth-order valence-electron chi connectivity index (χ4n) is 3.51. The first-order valence-electron chi connectivity index (χ1n) is 8.10. The molecule has 0 saturated heterocycles. The molecule has 1 fully saturated rings. The molecule has 0 unspecified atom stereocenters. The van der Waals surface area contributed by atoms with E-state index < -0.39 is 20.1 Å². The van der Waals surface area contributed by atoms with Crippen molar-refractivity contribution < 1.29 is 21.0 Å². The standard InChI is InChI=1S/C16H21NO5S2/c17-24(20,21)22-14-8-9-15-13(10-14)11-16(23(15,18)19)12-6-4-2-1-3-5-7-12/h8-12H,1-7H2,(H2,17,20,21). The van der Waals surface area contributed by atoms with E-state index in [1.54, 1.807) is 6.08 Å². The molecular formula is C16H21NO5S2. The van der Waals surface area contributed by atoms with Gasteiger partial charge in [0, 0.05) is 0 Å². The molecule has 24 heavy (non-hydrogen) atoms. The van der Waals surface area contributed by atoms with Gasteiger partial charge in [-0.1, -0.05) is 32.1 Å². The Morgan fingerprint density at radius 3 is 2.29 bits per heavy atom. The highest BCUT2D eigenvalue weighted by molar-refractivity contribution is 7.95. The number of fused-ring (bicyclic) bond motifs is 1. The average molecular weight is 371 g/mol. The molecule has 1 aliphatic heterocycles. The van der Waals surface area contributed by atoms with Gasteiger partial charge in [-0.15, -0.1) is 0 Å². The lowest BCUT2D eigenvalue weighted by atomic mass is 9.90. The van der Waals surface area contributed by atoms with Gasteiger partial charge in [-0.25, -0.2) is 8.42 Å². The van der Waals surface area contributed by atoms with Crippen molar-refractivity contribution in [1.82, 2.24) is 0 Å². The number of nitrogens with two attached hydrogens (primary N) is 1. The summed E-state index contributed by atoms with van der Waals surface area (Å²) in [6, 6.07) is 4.11. The minimum absolute atomic E-state index is 0.0154. The van der Waals surface area contributed by atoms with Crippen molar-refractivity contribution in [2.45, 2.75) is 49.8 Å². The van der Waals surface area contributed by atoms with Crippen LogP contribution >= 0.6 is 0 Å². The molecule has 2 aliphatic rings. The zero-order valence-corrected chi connectivity index (χ0v) is 14.9. The average Bonchev–Trinajstić information content (AvgIpc) is 2.68. The zero-order chi connectivity index (χ0) is 17.4. The Bertz CT molecular complexity index is 864. The molecule has 132 valence electrons. The molecule has 1 saturated carbocycles. The van der Waals surface area contributed by atoms with Crippen LogP contribution in [0.2, 0.25) is 0 Å². The Balaban J connectivity index is 1.94.